The number of rotatable bonds is 6. The van der Waals surface area contributed by atoms with E-state index in [1.807, 2.05) is 17.8 Å². The number of carbonyl (C=O) groups excluding carboxylic acids is 1. The third kappa shape index (κ3) is 2.75. The van der Waals surface area contributed by atoms with E-state index in [1.165, 1.54) is 6.42 Å². The van der Waals surface area contributed by atoms with Crippen LogP contribution in [0.4, 0.5) is 0 Å². The SMILES string of the molecule is Cn1nccc1CCC(=O)CC1(CN)CCC1. The minimum atomic E-state index is 0.142. The summed E-state index contributed by atoms with van der Waals surface area (Å²) in [4.78, 5) is 11.9. The molecule has 0 unspecified atom stereocenters. The molecule has 1 aliphatic rings. The van der Waals surface area contributed by atoms with Crippen molar-refractivity contribution in [1.29, 1.82) is 0 Å². The molecule has 1 fully saturated rings. The zero-order chi connectivity index (χ0) is 12.3. The summed E-state index contributed by atoms with van der Waals surface area (Å²) in [5.41, 5.74) is 7.03. The largest absolute Gasteiger partial charge is 0.330 e. The van der Waals surface area contributed by atoms with Crippen LogP contribution in [0.2, 0.25) is 0 Å². The molecule has 94 valence electrons. The van der Waals surface area contributed by atoms with E-state index in [0.717, 1.165) is 25.0 Å². The van der Waals surface area contributed by atoms with Gasteiger partial charge in [0, 0.05) is 31.8 Å². The monoisotopic (exact) mass is 235 g/mol. The van der Waals surface area contributed by atoms with Gasteiger partial charge in [0.1, 0.15) is 5.78 Å². The predicted molar refractivity (Wildman–Crippen MR) is 66.5 cm³/mol. The Morgan fingerprint density at radius 1 is 1.59 bits per heavy atom. The first-order chi connectivity index (χ1) is 8.15. The van der Waals surface area contributed by atoms with E-state index in [4.69, 9.17) is 5.73 Å². The Balaban J connectivity index is 1.80. The second kappa shape index (κ2) is 5.00. The Bertz CT molecular complexity index is 388. The lowest BCUT2D eigenvalue weighted by molar-refractivity contribution is -0.122. The van der Waals surface area contributed by atoms with Crippen LogP contribution in [-0.4, -0.2) is 22.1 Å². The van der Waals surface area contributed by atoms with Gasteiger partial charge in [-0.05, 0) is 37.3 Å². The molecule has 2 N–H and O–H groups in total. The van der Waals surface area contributed by atoms with Gasteiger partial charge in [0.05, 0.1) is 0 Å². The molecule has 0 aliphatic heterocycles. The zero-order valence-electron chi connectivity index (χ0n) is 10.5. The summed E-state index contributed by atoms with van der Waals surface area (Å²) in [5.74, 6) is 0.344. The fourth-order valence-electron chi connectivity index (χ4n) is 2.55. The number of aryl methyl sites for hydroxylation is 2. The molecule has 17 heavy (non-hydrogen) atoms. The molecule has 0 spiro atoms. The molecule has 0 bridgehead atoms. The molecule has 1 heterocycles. The molecule has 1 saturated carbocycles. The van der Waals surface area contributed by atoms with Gasteiger partial charge in [0.25, 0.3) is 0 Å². The summed E-state index contributed by atoms with van der Waals surface area (Å²) >= 11 is 0. The fourth-order valence-corrected chi connectivity index (χ4v) is 2.55. The summed E-state index contributed by atoms with van der Waals surface area (Å²) in [7, 11) is 1.91. The van der Waals surface area contributed by atoms with Crippen molar-refractivity contribution in [3.63, 3.8) is 0 Å². The maximum absolute atomic E-state index is 11.9. The maximum Gasteiger partial charge on any atom is 0.133 e. The molecule has 1 aromatic heterocycles. The maximum atomic E-state index is 11.9. The first-order valence-corrected chi connectivity index (χ1v) is 6.34. The fraction of sp³-hybridized carbons (Fsp3) is 0.692. The van der Waals surface area contributed by atoms with E-state index >= 15 is 0 Å². The zero-order valence-corrected chi connectivity index (χ0v) is 10.5. The second-order valence-corrected chi connectivity index (χ2v) is 5.22. The van der Waals surface area contributed by atoms with Gasteiger partial charge in [-0.3, -0.25) is 9.48 Å². The number of nitrogens with zero attached hydrogens (tertiary/aromatic N) is 2. The van der Waals surface area contributed by atoms with Crippen molar-refractivity contribution in [3.05, 3.63) is 18.0 Å². The van der Waals surface area contributed by atoms with E-state index in [2.05, 4.69) is 5.10 Å². The Labute approximate surface area is 102 Å². The average molecular weight is 235 g/mol. The molecule has 2 rings (SSSR count). The summed E-state index contributed by atoms with van der Waals surface area (Å²) in [6.45, 7) is 0.657. The summed E-state index contributed by atoms with van der Waals surface area (Å²) in [6, 6.07) is 1.97. The third-order valence-corrected chi connectivity index (χ3v) is 4.00. The number of ketones is 1. The summed E-state index contributed by atoms with van der Waals surface area (Å²) in [5, 5.41) is 4.10. The molecule has 0 saturated heterocycles. The molecule has 0 aromatic carbocycles. The third-order valence-electron chi connectivity index (χ3n) is 4.00. The standard InChI is InChI=1S/C13H21N3O/c1-16-11(5-8-15-16)3-4-12(17)9-13(10-14)6-2-7-13/h5,8H,2-4,6-7,9-10,14H2,1H3. The van der Waals surface area contributed by atoms with E-state index in [9.17, 15) is 4.79 Å². The highest BCUT2D eigenvalue weighted by Gasteiger charge is 2.37. The van der Waals surface area contributed by atoms with Crippen molar-refractivity contribution >= 4 is 5.78 Å². The van der Waals surface area contributed by atoms with E-state index in [1.54, 1.807) is 6.20 Å². The van der Waals surface area contributed by atoms with Crippen LogP contribution in [0.25, 0.3) is 0 Å². The molecular formula is C13H21N3O. The predicted octanol–water partition coefficient (Wildman–Crippen LogP) is 1.44. The average Bonchev–Trinajstić information content (AvgIpc) is 2.67. The lowest BCUT2D eigenvalue weighted by Crippen LogP contribution is -2.39. The smallest absolute Gasteiger partial charge is 0.133 e. The normalized spacial score (nSPS) is 17.8. The van der Waals surface area contributed by atoms with Crippen LogP contribution in [0, 0.1) is 5.41 Å². The lowest BCUT2D eigenvalue weighted by Gasteiger charge is -2.40. The van der Waals surface area contributed by atoms with Crippen LogP contribution in [0.1, 0.15) is 37.8 Å². The minimum absolute atomic E-state index is 0.142. The van der Waals surface area contributed by atoms with Crippen molar-refractivity contribution < 1.29 is 4.79 Å². The van der Waals surface area contributed by atoms with E-state index in [-0.39, 0.29) is 5.41 Å². The van der Waals surface area contributed by atoms with Gasteiger partial charge in [0.2, 0.25) is 0 Å². The molecule has 0 radical (unpaired) electrons. The highest BCUT2D eigenvalue weighted by Crippen LogP contribution is 2.43. The van der Waals surface area contributed by atoms with Crippen LogP contribution in [-0.2, 0) is 18.3 Å². The molecule has 4 nitrogen and oxygen atoms in total. The quantitative estimate of drug-likeness (QED) is 0.811. The Hall–Kier alpha value is -1.16. The topological polar surface area (TPSA) is 60.9 Å². The Kier molecular flexibility index (Phi) is 3.62. The number of aromatic nitrogens is 2. The van der Waals surface area contributed by atoms with Crippen LogP contribution in [0.5, 0.6) is 0 Å². The number of Topliss-reactive ketones (excluding diaryl/α,β-unsaturated/α-hetero) is 1. The van der Waals surface area contributed by atoms with Gasteiger partial charge in [-0.25, -0.2) is 0 Å². The van der Waals surface area contributed by atoms with Crippen molar-refractivity contribution in [3.8, 4) is 0 Å². The Morgan fingerprint density at radius 3 is 2.82 bits per heavy atom. The van der Waals surface area contributed by atoms with E-state index in [0.29, 0.717) is 25.2 Å². The highest BCUT2D eigenvalue weighted by atomic mass is 16.1. The van der Waals surface area contributed by atoms with Gasteiger partial charge in [-0.15, -0.1) is 0 Å². The number of nitrogens with two attached hydrogens (primary N) is 1. The molecule has 1 aromatic rings. The summed E-state index contributed by atoms with van der Waals surface area (Å²) < 4.78 is 1.83. The van der Waals surface area contributed by atoms with Gasteiger partial charge >= 0.3 is 0 Å². The first-order valence-electron chi connectivity index (χ1n) is 6.34. The lowest BCUT2D eigenvalue weighted by atomic mass is 9.65. The van der Waals surface area contributed by atoms with Gasteiger partial charge in [0.15, 0.2) is 0 Å². The molecule has 4 heteroatoms. The van der Waals surface area contributed by atoms with Gasteiger partial charge in [-0.2, -0.15) is 5.10 Å². The number of hydrogen-bond donors (Lipinski definition) is 1. The van der Waals surface area contributed by atoms with Crippen LogP contribution in [0.15, 0.2) is 12.3 Å². The second-order valence-electron chi connectivity index (χ2n) is 5.22. The van der Waals surface area contributed by atoms with Crippen molar-refractivity contribution in [2.24, 2.45) is 18.2 Å². The van der Waals surface area contributed by atoms with Crippen LogP contribution >= 0.6 is 0 Å². The summed E-state index contributed by atoms with van der Waals surface area (Å²) in [6.07, 6.45) is 7.32. The van der Waals surface area contributed by atoms with Crippen LogP contribution in [0.3, 0.4) is 0 Å². The number of hydrogen-bond acceptors (Lipinski definition) is 3. The molecular weight excluding hydrogens is 214 g/mol. The minimum Gasteiger partial charge on any atom is -0.330 e. The molecule has 1 aliphatic carbocycles. The van der Waals surface area contributed by atoms with Crippen LogP contribution < -0.4 is 5.73 Å². The van der Waals surface area contributed by atoms with Crippen molar-refractivity contribution in [2.75, 3.05) is 6.54 Å². The van der Waals surface area contributed by atoms with Crippen molar-refractivity contribution in [1.82, 2.24) is 9.78 Å². The van der Waals surface area contributed by atoms with Crippen molar-refractivity contribution in [2.45, 2.75) is 38.5 Å². The Morgan fingerprint density at radius 2 is 2.35 bits per heavy atom. The molecule has 0 atom stereocenters. The highest BCUT2D eigenvalue weighted by molar-refractivity contribution is 5.79. The molecule has 0 amide bonds. The van der Waals surface area contributed by atoms with E-state index < -0.39 is 0 Å². The first kappa shape index (κ1) is 12.3. The van der Waals surface area contributed by atoms with Gasteiger partial charge in [-0.1, -0.05) is 6.42 Å². The number of carbonyl (C=O) groups is 1. The van der Waals surface area contributed by atoms with Gasteiger partial charge < -0.3 is 5.73 Å².